The van der Waals surface area contributed by atoms with Crippen LogP contribution in [0, 0.1) is 17.0 Å². The second-order valence-corrected chi connectivity index (χ2v) is 3.55. The van der Waals surface area contributed by atoms with Crippen LogP contribution in [-0.2, 0) is 4.79 Å². The van der Waals surface area contributed by atoms with E-state index >= 15 is 0 Å². The summed E-state index contributed by atoms with van der Waals surface area (Å²) in [6.07, 6.45) is -1.99. The van der Waals surface area contributed by atoms with E-state index in [-0.39, 0.29) is 11.1 Å². The van der Waals surface area contributed by atoms with Crippen LogP contribution in [0.3, 0.4) is 0 Å². The Morgan fingerprint density at radius 2 is 2.05 bits per heavy atom. The predicted octanol–water partition coefficient (Wildman–Crippen LogP) is 1.62. The van der Waals surface area contributed by atoms with Gasteiger partial charge in [-0.15, -0.1) is 0 Å². The molecule has 1 aromatic rings. The standard InChI is InChI=1S/C10H9F2NO6/c1-4-2-7(19-10(11)12)6(13(17)18)3-5(4)8(14)9(15)16/h2-3,8,10,14H,1H3,(H,15,16). The third-order valence-electron chi connectivity index (χ3n) is 2.29. The second-order valence-electron chi connectivity index (χ2n) is 3.55. The summed E-state index contributed by atoms with van der Waals surface area (Å²) in [6.45, 7) is -1.95. The SMILES string of the molecule is Cc1cc(OC(F)F)c([N+](=O)[O-])cc1C(O)C(=O)O. The number of nitrogens with zero attached hydrogens (tertiary/aromatic N) is 1. The molecule has 104 valence electrons. The maximum Gasteiger partial charge on any atom is 0.387 e. The number of alkyl halides is 2. The highest BCUT2D eigenvalue weighted by atomic mass is 19.3. The van der Waals surface area contributed by atoms with E-state index in [9.17, 15) is 28.8 Å². The van der Waals surface area contributed by atoms with Crippen LogP contribution in [0.25, 0.3) is 0 Å². The van der Waals surface area contributed by atoms with E-state index in [0.29, 0.717) is 6.07 Å². The molecule has 0 aromatic heterocycles. The number of ether oxygens (including phenoxy) is 1. The Kier molecular flexibility index (Phi) is 4.33. The highest BCUT2D eigenvalue weighted by Crippen LogP contribution is 2.34. The maximum absolute atomic E-state index is 12.1. The van der Waals surface area contributed by atoms with Crippen molar-refractivity contribution in [3.05, 3.63) is 33.4 Å². The summed E-state index contributed by atoms with van der Waals surface area (Å²) in [5, 5.41) is 28.7. The number of rotatable bonds is 5. The molecule has 0 saturated carbocycles. The Morgan fingerprint density at radius 3 is 2.47 bits per heavy atom. The number of nitro groups is 1. The molecule has 1 atom stereocenters. The van der Waals surface area contributed by atoms with E-state index in [1.54, 1.807) is 0 Å². The van der Waals surface area contributed by atoms with E-state index in [2.05, 4.69) is 4.74 Å². The number of aliphatic carboxylic acids is 1. The topological polar surface area (TPSA) is 110 Å². The minimum absolute atomic E-state index is 0.0798. The van der Waals surface area contributed by atoms with Crippen molar-refractivity contribution in [1.29, 1.82) is 0 Å². The van der Waals surface area contributed by atoms with Crippen LogP contribution in [0.4, 0.5) is 14.5 Å². The number of aryl methyl sites for hydroxylation is 1. The molecule has 0 amide bonds. The average Bonchev–Trinajstić information content (AvgIpc) is 2.26. The molecule has 7 nitrogen and oxygen atoms in total. The van der Waals surface area contributed by atoms with Crippen LogP contribution in [-0.4, -0.2) is 27.7 Å². The van der Waals surface area contributed by atoms with Crippen LogP contribution >= 0.6 is 0 Å². The first-order chi connectivity index (χ1) is 8.73. The normalized spacial score (nSPS) is 12.3. The first-order valence-corrected chi connectivity index (χ1v) is 4.88. The molecule has 0 spiro atoms. The number of aliphatic hydroxyl groups excluding tert-OH is 1. The maximum atomic E-state index is 12.1. The van der Waals surface area contributed by atoms with Crippen LogP contribution in [0.15, 0.2) is 12.1 Å². The summed E-state index contributed by atoms with van der Waals surface area (Å²) in [4.78, 5) is 20.3. The first kappa shape index (κ1) is 14.8. The van der Waals surface area contributed by atoms with Gasteiger partial charge >= 0.3 is 18.3 Å². The number of carbonyl (C=O) groups is 1. The molecule has 0 saturated heterocycles. The van der Waals surface area contributed by atoms with Crippen molar-refractivity contribution in [3.8, 4) is 5.75 Å². The molecule has 2 N–H and O–H groups in total. The van der Waals surface area contributed by atoms with E-state index in [1.807, 2.05) is 0 Å². The monoisotopic (exact) mass is 277 g/mol. The third kappa shape index (κ3) is 3.35. The number of aliphatic hydroxyl groups is 1. The van der Waals surface area contributed by atoms with Gasteiger partial charge in [0.2, 0.25) is 5.75 Å². The number of carboxylic acids is 1. The van der Waals surface area contributed by atoms with Crippen LogP contribution < -0.4 is 4.74 Å². The lowest BCUT2D eigenvalue weighted by Gasteiger charge is -2.12. The molecule has 1 rings (SSSR count). The van der Waals surface area contributed by atoms with Crippen LogP contribution in [0.5, 0.6) is 5.75 Å². The molecule has 0 fully saturated rings. The van der Waals surface area contributed by atoms with Crippen molar-refractivity contribution in [2.75, 3.05) is 0 Å². The van der Waals surface area contributed by atoms with Gasteiger partial charge in [-0.05, 0) is 18.6 Å². The van der Waals surface area contributed by atoms with Gasteiger partial charge in [-0.3, -0.25) is 10.1 Å². The Hall–Kier alpha value is -2.29. The van der Waals surface area contributed by atoms with Gasteiger partial charge in [0.25, 0.3) is 0 Å². The lowest BCUT2D eigenvalue weighted by Crippen LogP contribution is -2.13. The third-order valence-corrected chi connectivity index (χ3v) is 2.29. The molecule has 9 heteroatoms. The summed E-state index contributed by atoms with van der Waals surface area (Å²) in [5.74, 6) is -2.31. The Bertz CT molecular complexity index is 519. The van der Waals surface area contributed by atoms with Crippen molar-refractivity contribution in [3.63, 3.8) is 0 Å². The van der Waals surface area contributed by atoms with Crippen LogP contribution in [0.2, 0.25) is 0 Å². The summed E-state index contributed by atoms with van der Waals surface area (Å²) >= 11 is 0. The summed E-state index contributed by atoms with van der Waals surface area (Å²) < 4.78 is 28.2. The Balaban J connectivity index is 3.36. The molecule has 0 aliphatic carbocycles. The fraction of sp³-hybridized carbons (Fsp3) is 0.300. The highest BCUT2D eigenvalue weighted by Gasteiger charge is 2.26. The van der Waals surface area contributed by atoms with Crippen molar-refractivity contribution >= 4 is 11.7 Å². The van der Waals surface area contributed by atoms with Gasteiger partial charge in [0.15, 0.2) is 6.10 Å². The summed E-state index contributed by atoms with van der Waals surface area (Å²) in [7, 11) is 0. The largest absolute Gasteiger partial charge is 0.479 e. The van der Waals surface area contributed by atoms with Crippen molar-refractivity contribution < 1.29 is 33.4 Å². The number of carboxylic acid groups (broad SMARTS) is 1. The number of hydrogen-bond donors (Lipinski definition) is 2. The molecular weight excluding hydrogens is 268 g/mol. The van der Waals surface area contributed by atoms with E-state index in [4.69, 9.17) is 5.11 Å². The van der Waals surface area contributed by atoms with Crippen LogP contribution in [0.1, 0.15) is 17.2 Å². The molecule has 0 aliphatic rings. The summed E-state index contributed by atoms with van der Waals surface area (Å²) in [5.41, 5.74) is -1.03. The van der Waals surface area contributed by atoms with Gasteiger partial charge in [0.05, 0.1) is 4.92 Å². The van der Waals surface area contributed by atoms with E-state index in [0.717, 1.165) is 6.07 Å². The van der Waals surface area contributed by atoms with Gasteiger partial charge in [-0.1, -0.05) is 0 Å². The minimum Gasteiger partial charge on any atom is -0.479 e. The predicted molar refractivity (Wildman–Crippen MR) is 57.1 cm³/mol. The van der Waals surface area contributed by atoms with Gasteiger partial charge in [-0.2, -0.15) is 8.78 Å². The average molecular weight is 277 g/mol. The lowest BCUT2D eigenvalue weighted by atomic mass is 10.0. The first-order valence-electron chi connectivity index (χ1n) is 4.88. The molecule has 1 aromatic carbocycles. The van der Waals surface area contributed by atoms with E-state index < -0.39 is 35.0 Å². The number of nitro benzene ring substituents is 1. The highest BCUT2D eigenvalue weighted by molar-refractivity contribution is 5.75. The number of halogens is 2. The fourth-order valence-corrected chi connectivity index (χ4v) is 1.45. The zero-order chi connectivity index (χ0) is 14.7. The smallest absolute Gasteiger partial charge is 0.387 e. The number of benzene rings is 1. The second kappa shape index (κ2) is 5.57. The van der Waals surface area contributed by atoms with Gasteiger partial charge in [0, 0.05) is 11.6 Å². The molecule has 19 heavy (non-hydrogen) atoms. The van der Waals surface area contributed by atoms with Crippen molar-refractivity contribution in [1.82, 2.24) is 0 Å². The molecular formula is C10H9F2NO6. The minimum atomic E-state index is -3.26. The van der Waals surface area contributed by atoms with Crippen molar-refractivity contribution in [2.45, 2.75) is 19.6 Å². The zero-order valence-electron chi connectivity index (χ0n) is 9.54. The van der Waals surface area contributed by atoms with Gasteiger partial charge in [0.1, 0.15) is 0 Å². The van der Waals surface area contributed by atoms with Crippen molar-refractivity contribution in [2.24, 2.45) is 0 Å². The molecule has 0 aliphatic heterocycles. The molecule has 0 bridgehead atoms. The molecule has 0 radical (unpaired) electrons. The zero-order valence-corrected chi connectivity index (χ0v) is 9.54. The Morgan fingerprint density at radius 1 is 1.47 bits per heavy atom. The number of hydrogen-bond acceptors (Lipinski definition) is 5. The van der Waals surface area contributed by atoms with E-state index in [1.165, 1.54) is 6.92 Å². The van der Waals surface area contributed by atoms with Gasteiger partial charge in [-0.25, -0.2) is 4.79 Å². The molecule has 1 unspecified atom stereocenters. The fourth-order valence-electron chi connectivity index (χ4n) is 1.45. The lowest BCUT2D eigenvalue weighted by molar-refractivity contribution is -0.386. The Labute approximate surface area is 105 Å². The van der Waals surface area contributed by atoms with Gasteiger partial charge < -0.3 is 14.9 Å². The molecule has 0 heterocycles. The summed E-state index contributed by atoms with van der Waals surface area (Å²) in [6, 6.07) is 1.58. The quantitative estimate of drug-likeness (QED) is 0.625.